The Kier molecular flexibility index (Phi) is 2.83. The van der Waals surface area contributed by atoms with Gasteiger partial charge in [-0.1, -0.05) is 26.6 Å². The monoisotopic (exact) mass is 185 g/mol. The maximum Gasteiger partial charge on any atom is 0.144 e. The van der Waals surface area contributed by atoms with Crippen molar-refractivity contribution in [1.82, 2.24) is 4.98 Å². The van der Waals surface area contributed by atoms with Crippen LogP contribution < -0.4 is 4.98 Å². The number of nitrogens with one attached hydrogen (secondary N) is 1. The summed E-state index contributed by atoms with van der Waals surface area (Å²) in [4.78, 5) is 3.60. The van der Waals surface area contributed by atoms with Crippen LogP contribution in [0.1, 0.15) is 19.8 Å². The molecule has 0 aromatic heterocycles. The van der Waals surface area contributed by atoms with Crippen molar-refractivity contribution in [3.63, 3.8) is 0 Å². The van der Waals surface area contributed by atoms with Crippen molar-refractivity contribution < 1.29 is 4.74 Å². The summed E-state index contributed by atoms with van der Waals surface area (Å²) in [5.74, 6) is 1.19. The van der Waals surface area contributed by atoms with Crippen molar-refractivity contribution in [3.05, 3.63) is 11.5 Å². The van der Waals surface area contributed by atoms with Crippen LogP contribution in [0.25, 0.3) is 0 Å². The number of rotatable bonds is 3. The van der Waals surface area contributed by atoms with Crippen molar-refractivity contribution >= 4 is 8.24 Å². The fraction of sp³-hybridized carbons (Fsp3) is 0.778. The van der Waals surface area contributed by atoms with E-state index in [1.165, 1.54) is 11.5 Å². The molecule has 0 aromatic carbocycles. The van der Waals surface area contributed by atoms with Crippen molar-refractivity contribution in [2.75, 3.05) is 6.61 Å². The van der Waals surface area contributed by atoms with Crippen molar-refractivity contribution in [1.29, 1.82) is 0 Å². The highest BCUT2D eigenvalue weighted by molar-refractivity contribution is 6.74. The highest BCUT2D eigenvalue weighted by Crippen LogP contribution is 2.21. The molecule has 0 amide bonds. The van der Waals surface area contributed by atoms with E-state index in [1.54, 1.807) is 0 Å². The summed E-state index contributed by atoms with van der Waals surface area (Å²) < 4.78 is 5.37. The number of allylic oxidation sites excluding steroid dienone is 1. The molecule has 1 saturated heterocycles. The van der Waals surface area contributed by atoms with Crippen molar-refractivity contribution in [3.8, 4) is 0 Å². The molecular weight excluding hydrogens is 166 g/mol. The molecule has 0 radical (unpaired) electrons. The molecule has 1 aliphatic heterocycles. The Balaban J connectivity index is 2.57. The topological polar surface area (TPSA) is 21.3 Å². The SMILES string of the molecule is CCC(N[Si](C)(C)C)=C1CCO1. The van der Waals surface area contributed by atoms with E-state index in [4.69, 9.17) is 4.74 Å². The lowest BCUT2D eigenvalue weighted by Gasteiger charge is -2.28. The normalized spacial score (nSPS) is 21.0. The van der Waals surface area contributed by atoms with Crippen LogP contribution in [0.15, 0.2) is 11.5 Å². The van der Waals surface area contributed by atoms with E-state index in [9.17, 15) is 0 Å². The first-order chi connectivity index (χ1) is 5.53. The van der Waals surface area contributed by atoms with Gasteiger partial charge in [0.1, 0.15) is 14.0 Å². The predicted molar refractivity (Wildman–Crippen MR) is 54.4 cm³/mol. The Hall–Kier alpha value is -0.443. The molecule has 0 aromatic rings. The first kappa shape index (κ1) is 9.64. The fourth-order valence-electron chi connectivity index (χ4n) is 1.25. The van der Waals surface area contributed by atoms with Gasteiger partial charge in [-0.05, 0) is 6.42 Å². The van der Waals surface area contributed by atoms with Crippen LogP contribution in [-0.2, 0) is 4.74 Å². The Morgan fingerprint density at radius 1 is 1.50 bits per heavy atom. The van der Waals surface area contributed by atoms with Gasteiger partial charge in [0.05, 0.1) is 6.61 Å². The second-order valence-electron chi connectivity index (χ2n) is 4.23. The van der Waals surface area contributed by atoms with E-state index in [0.717, 1.165) is 19.4 Å². The van der Waals surface area contributed by atoms with Gasteiger partial charge in [-0.2, -0.15) is 0 Å². The zero-order valence-electron chi connectivity index (χ0n) is 8.53. The Bertz CT molecular complexity index is 187. The van der Waals surface area contributed by atoms with Gasteiger partial charge >= 0.3 is 0 Å². The summed E-state index contributed by atoms with van der Waals surface area (Å²) in [6.45, 7) is 10.0. The fourth-order valence-corrected chi connectivity index (χ4v) is 2.47. The van der Waals surface area contributed by atoms with Crippen molar-refractivity contribution in [2.24, 2.45) is 0 Å². The molecule has 2 nitrogen and oxygen atoms in total. The van der Waals surface area contributed by atoms with E-state index in [-0.39, 0.29) is 0 Å². The van der Waals surface area contributed by atoms with Crippen molar-refractivity contribution in [2.45, 2.75) is 39.4 Å². The maximum absolute atomic E-state index is 5.37. The first-order valence-corrected chi connectivity index (χ1v) is 8.16. The van der Waals surface area contributed by atoms with Crippen LogP contribution in [0.5, 0.6) is 0 Å². The largest absolute Gasteiger partial charge is 0.496 e. The Morgan fingerprint density at radius 2 is 2.08 bits per heavy atom. The summed E-state index contributed by atoms with van der Waals surface area (Å²) in [6.07, 6.45) is 2.19. The molecule has 1 aliphatic rings. The lowest BCUT2D eigenvalue weighted by molar-refractivity contribution is 0.112. The molecule has 12 heavy (non-hydrogen) atoms. The molecule has 1 N–H and O–H groups in total. The Morgan fingerprint density at radius 3 is 2.33 bits per heavy atom. The zero-order chi connectivity index (χ0) is 9.19. The van der Waals surface area contributed by atoms with Gasteiger partial charge in [0.25, 0.3) is 0 Å². The molecule has 0 atom stereocenters. The van der Waals surface area contributed by atoms with Gasteiger partial charge in [-0.3, -0.25) is 0 Å². The van der Waals surface area contributed by atoms with Crippen LogP contribution >= 0.6 is 0 Å². The minimum atomic E-state index is -1.17. The van der Waals surface area contributed by atoms with Gasteiger partial charge in [0, 0.05) is 12.1 Å². The maximum atomic E-state index is 5.37. The smallest absolute Gasteiger partial charge is 0.144 e. The van der Waals surface area contributed by atoms with Gasteiger partial charge in [-0.15, -0.1) is 0 Å². The summed E-state index contributed by atoms with van der Waals surface area (Å²) in [5.41, 5.74) is 1.33. The summed E-state index contributed by atoms with van der Waals surface area (Å²) in [6, 6.07) is 0. The molecule has 1 fully saturated rings. The molecular formula is C9H19NOSi. The molecule has 1 rings (SSSR count). The standard InChI is InChI=1S/C9H19NOSi/c1-5-8(9-6-7-11-9)10-12(2,3)4/h10H,5-7H2,1-4H3. The first-order valence-electron chi connectivity index (χ1n) is 4.66. The van der Waals surface area contributed by atoms with E-state index in [1.807, 2.05) is 0 Å². The minimum Gasteiger partial charge on any atom is -0.496 e. The molecule has 0 saturated carbocycles. The molecule has 3 heteroatoms. The predicted octanol–water partition coefficient (Wildman–Crippen LogP) is 2.45. The van der Waals surface area contributed by atoms with Crippen LogP contribution in [0.3, 0.4) is 0 Å². The minimum absolute atomic E-state index is 0.909. The third kappa shape index (κ3) is 2.55. The van der Waals surface area contributed by atoms with Gasteiger partial charge in [0.15, 0.2) is 0 Å². The third-order valence-corrected chi connectivity index (χ3v) is 2.87. The quantitative estimate of drug-likeness (QED) is 0.682. The molecule has 0 spiro atoms. The van der Waals surface area contributed by atoms with E-state index < -0.39 is 8.24 Å². The van der Waals surface area contributed by atoms with Crippen LogP contribution in [0, 0.1) is 0 Å². The molecule has 1 heterocycles. The van der Waals surface area contributed by atoms with Crippen LogP contribution in [0.2, 0.25) is 19.6 Å². The highest BCUT2D eigenvalue weighted by Gasteiger charge is 2.20. The second-order valence-corrected chi connectivity index (χ2v) is 8.98. The van der Waals surface area contributed by atoms with Crippen LogP contribution in [-0.4, -0.2) is 14.8 Å². The summed E-state index contributed by atoms with van der Waals surface area (Å²) in [5, 5.41) is 0. The zero-order valence-corrected chi connectivity index (χ0v) is 9.53. The van der Waals surface area contributed by atoms with Gasteiger partial charge in [0.2, 0.25) is 0 Å². The molecule has 0 unspecified atom stereocenters. The number of hydrogen-bond acceptors (Lipinski definition) is 2. The third-order valence-electron chi connectivity index (χ3n) is 1.82. The molecule has 70 valence electrons. The van der Waals surface area contributed by atoms with E-state index >= 15 is 0 Å². The second kappa shape index (κ2) is 3.52. The average Bonchev–Trinajstić information content (AvgIpc) is 1.79. The summed E-state index contributed by atoms with van der Waals surface area (Å²) in [7, 11) is -1.17. The average molecular weight is 185 g/mol. The molecule has 0 bridgehead atoms. The lowest BCUT2D eigenvalue weighted by Crippen LogP contribution is -2.41. The lowest BCUT2D eigenvalue weighted by atomic mass is 10.2. The molecule has 0 aliphatic carbocycles. The number of hydrogen-bond donors (Lipinski definition) is 1. The van der Waals surface area contributed by atoms with E-state index in [2.05, 4.69) is 31.5 Å². The number of ether oxygens (including phenoxy) is 1. The van der Waals surface area contributed by atoms with E-state index in [0.29, 0.717) is 0 Å². The van der Waals surface area contributed by atoms with Gasteiger partial charge in [-0.25, -0.2) is 0 Å². The highest BCUT2D eigenvalue weighted by atomic mass is 28.3. The van der Waals surface area contributed by atoms with Gasteiger partial charge < -0.3 is 9.72 Å². The van der Waals surface area contributed by atoms with Crippen LogP contribution in [0.4, 0.5) is 0 Å². The summed E-state index contributed by atoms with van der Waals surface area (Å²) >= 11 is 0. The Labute approximate surface area is 76.1 Å².